The zero-order valence-corrected chi connectivity index (χ0v) is 17.0. The molecular formula is C20H18F2N4O2S. The van der Waals surface area contributed by atoms with E-state index < -0.39 is 27.8 Å². The van der Waals surface area contributed by atoms with E-state index in [9.17, 15) is 19.6 Å². The fourth-order valence-corrected chi connectivity index (χ4v) is 3.57. The van der Waals surface area contributed by atoms with Crippen molar-refractivity contribution in [1.29, 1.82) is 5.26 Å². The highest BCUT2D eigenvalue weighted by atomic mass is 32.2. The highest BCUT2D eigenvalue weighted by Gasteiger charge is 2.32. The molecule has 2 heterocycles. The number of aromatic nitrogens is 3. The van der Waals surface area contributed by atoms with E-state index in [1.807, 2.05) is 0 Å². The summed E-state index contributed by atoms with van der Waals surface area (Å²) in [6.07, 6.45) is 1.31. The number of hydrogen-bond donors (Lipinski definition) is 2. The van der Waals surface area contributed by atoms with Gasteiger partial charge in [0.2, 0.25) is 0 Å². The van der Waals surface area contributed by atoms with Gasteiger partial charge in [-0.1, -0.05) is 0 Å². The smallest absolute Gasteiger partial charge is 0.319 e. The van der Waals surface area contributed by atoms with Crippen molar-refractivity contribution in [1.82, 2.24) is 15.0 Å². The summed E-state index contributed by atoms with van der Waals surface area (Å²) in [5.41, 5.74) is 0.722. The number of carboxylic acid groups (broad SMARTS) is 1. The van der Waals surface area contributed by atoms with Gasteiger partial charge < -0.3 is 10.1 Å². The SMILES string of the molecule is CC(C)(Sc1c(F)cc2[nH]c(-c3cc(C(C)(C)C#N)ncn3)cc2c1F)C(=O)O. The van der Waals surface area contributed by atoms with Crippen LogP contribution < -0.4 is 0 Å². The lowest BCUT2D eigenvalue weighted by Gasteiger charge is -2.19. The fraction of sp³-hybridized carbons (Fsp3) is 0.300. The van der Waals surface area contributed by atoms with Crippen molar-refractivity contribution in [2.45, 2.75) is 42.8 Å². The maximum atomic E-state index is 15.0. The fourth-order valence-electron chi connectivity index (χ4n) is 2.62. The number of aliphatic carboxylic acids is 1. The van der Waals surface area contributed by atoms with E-state index in [1.165, 1.54) is 26.2 Å². The standard InChI is InChI=1S/C20H18F2N4O2S/c1-19(2,8-23)15-7-13(24-9-25-15)14-5-10-12(26-14)6-11(21)17(16(10)22)29-20(3,4)18(27)28/h5-7,9,26H,1-4H3,(H,27,28). The van der Waals surface area contributed by atoms with E-state index in [4.69, 9.17) is 0 Å². The Morgan fingerprint density at radius 2 is 1.90 bits per heavy atom. The largest absolute Gasteiger partial charge is 0.480 e. The topological polar surface area (TPSA) is 103 Å². The number of benzene rings is 1. The maximum absolute atomic E-state index is 15.0. The monoisotopic (exact) mass is 416 g/mol. The third-order valence-corrected chi connectivity index (χ3v) is 5.77. The van der Waals surface area contributed by atoms with Gasteiger partial charge in [0.05, 0.1) is 39.0 Å². The van der Waals surface area contributed by atoms with Gasteiger partial charge in [-0.25, -0.2) is 18.7 Å². The average Bonchev–Trinajstić information content (AvgIpc) is 3.09. The van der Waals surface area contributed by atoms with Crippen molar-refractivity contribution >= 4 is 28.6 Å². The molecule has 150 valence electrons. The molecule has 0 aliphatic rings. The van der Waals surface area contributed by atoms with Gasteiger partial charge in [0.1, 0.15) is 22.7 Å². The quantitative estimate of drug-likeness (QED) is 0.587. The van der Waals surface area contributed by atoms with Crippen LogP contribution in [0.3, 0.4) is 0 Å². The van der Waals surface area contributed by atoms with Crippen LogP contribution in [0.25, 0.3) is 22.3 Å². The average molecular weight is 416 g/mol. The minimum absolute atomic E-state index is 0.116. The molecule has 0 aliphatic carbocycles. The molecule has 3 aromatic rings. The van der Waals surface area contributed by atoms with Crippen molar-refractivity contribution in [2.24, 2.45) is 0 Å². The number of halogens is 2. The molecule has 6 nitrogen and oxygen atoms in total. The van der Waals surface area contributed by atoms with Crippen molar-refractivity contribution in [2.75, 3.05) is 0 Å². The zero-order valence-electron chi connectivity index (χ0n) is 16.2. The molecule has 3 rings (SSSR count). The molecule has 2 N–H and O–H groups in total. The molecule has 2 aromatic heterocycles. The van der Waals surface area contributed by atoms with E-state index in [1.54, 1.807) is 19.9 Å². The van der Waals surface area contributed by atoms with Crippen LogP contribution in [0.5, 0.6) is 0 Å². The first-order valence-corrected chi connectivity index (χ1v) is 9.45. The minimum atomic E-state index is -1.40. The number of hydrogen-bond acceptors (Lipinski definition) is 5. The van der Waals surface area contributed by atoms with Crippen molar-refractivity contribution in [3.8, 4) is 17.5 Å². The third kappa shape index (κ3) is 3.80. The summed E-state index contributed by atoms with van der Waals surface area (Å²) < 4.78 is 28.1. The molecule has 0 atom stereocenters. The molecule has 0 fully saturated rings. The second kappa shape index (κ2) is 7.12. The summed E-state index contributed by atoms with van der Waals surface area (Å²) in [5.74, 6) is -2.87. The Morgan fingerprint density at radius 3 is 2.52 bits per heavy atom. The van der Waals surface area contributed by atoms with Crippen molar-refractivity contribution < 1.29 is 18.7 Å². The lowest BCUT2D eigenvalue weighted by Crippen LogP contribution is -2.27. The first-order chi connectivity index (χ1) is 13.5. The number of carbonyl (C=O) groups is 1. The Hall–Kier alpha value is -2.99. The highest BCUT2D eigenvalue weighted by Crippen LogP contribution is 2.39. The summed E-state index contributed by atoms with van der Waals surface area (Å²) in [4.78, 5) is 22.2. The molecule has 0 bridgehead atoms. The third-order valence-electron chi connectivity index (χ3n) is 4.51. The molecule has 0 aliphatic heterocycles. The lowest BCUT2D eigenvalue weighted by molar-refractivity contribution is -0.138. The number of aromatic amines is 1. The summed E-state index contributed by atoms with van der Waals surface area (Å²) in [6.45, 7) is 6.19. The molecule has 1 aromatic carbocycles. The van der Waals surface area contributed by atoms with Gasteiger partial charge in [0, 0.05) is 5.39 Å². The molecule has 0 saturated carbocycles. The first kappa shape index (κ1) is 20.7. The molecule has 29 heavy (non-hydrogen) atoms. The van der Waals surface area contributed by atoms with Crippen LogP contribution >= 0.6 is 11.8 Å². The predicted octanol–water partition coefficient (Wildman–Crippen LogP) is 4.66. The second-order valence-corrected chi connectivity index (χ2v) is 9.22. The van der Waals surface area contributed by atoms with Gasteiger partial charge in [-0.3, -0.25) is 4.79 Å². The van der Waals surface area contributed by atoms with Gasteiger partial charge in [-0.2, -0.15) is 5.26 Å². The normalized spacial score (nSPS) is 12.2. The Kier molecular flexibility index (Phi) is 5.09. The summed E-state index contributed by atoms with van der Waals surface area (Å²) in [7, 11) is 0. The zero-order chi connectivity index (χ0) is 21.6. The number of H-pyrrole nitrogens is 1. The first-order valence-electron chi connectivity index (χ1n) is 8.63. The molecule has 0 radical (unpaired) electrons. The number of fused-ring (bicyclic) bond motifs is 1. The Bertz CT molecular complexity index is 1170. The van der Waals surface area contributed by atoms with Crippen molar-refractivity contribution in [3.05, 3.63) is 41.9 Å². The number of nitrogens with zero attached hydrogens (tertiary/aromatic N) is 3. The summed E-state index contributed by atoms with van der Waals surface area (Å²) in [6, 6.07) is 6.38. The van der Waals surface area contributed by atoms with Crippen LogP contribution in [0.15, 0.2) is 29.4 Å². The minimum Gasteiger partial charge on any atom is -0.480 e. The van der Waals surface area contributed by atoms with Crippen LogP contribution in [-0.2, 0) is 10.2 Å². The number of nitrogens with one attached hydrogen (secondary N) is 1. The van der Waals surface area contributed by atoms with Gasteiger partial charge in [-0.15, -0.1) is 11.8 Å². The van der Waals surface area contributed by atoms with E-state index in [-0.39, 0.29) is 15.8 Å². The van der Waals surface area contributed by atoms with E-state index in [0.29, 0.717) is 28.8 Å². The number of carboxylic acids is 1. The van der Waals surface area contributed by atoms with E-state index in [0.717, 1.165) is 6.07 Å². The molecule has 0 amide bonds. The molecule has 9 heteroatoms. The van der Waals surface area contributed by atoms with Gasteiger partial charge in [-0.05, 0) is 45.9 Å². The Morgan fingerprint density at radius 1 is 1.21 bits per heavy atom. The maximum Gasteiger partial charge on any atom is 0.319 e. The highest BCUT2D eigenvalue weighted by molar-refractivity contribution is 8.01. The van der Waals surface area contributed by atoms with Crippen LogP contribution in [0.2, 0.25) is 0 Å². The van der Waals surface area contributed by atoms with Gasteiger partial charge in [0.15, 0.2) is 0 Å². The summed E-state index contributed by atoms with van der Waals surface area (Å²) in [5, 5.41) is 18.7. The van der Waals surface area contributed by atoms with E-state index >= 15 is 4.39 Å². The second-order valence-electron chi connectivity index (χ2n) is 7.59. The van der Waals surface area contributed by atoms with Gasteiger partial charge >= 0.3 is 5.97 Å². The number of rotatable bonds is 5. The predicted molar refractivity (Wildman–Crippen MR) is 105 cm³/mol. The van der Waals surface area contributed by atoms with Crippen LogP contribution in [0, 0.1) is 23.0 Å². The van der Waals surface area contributed by atoms with Gasteiger partial charge in [0.25, 0.3) is 0 Å². The van der Waals surface area contributed by atoms with Crippen LogP contribution in [0.4, 0.5) is 8.78 Å². The number of thioether (sulfide) groups is 1. The van der Waals surface area contributed by atoms with Crippen molar-refractivity contribution in [3.63, 3.8) is 0 Å². The summed E-state index contributed by atoms with van der Waals surface area (Å²) >= 11 is 0.611. The molecule has 0 unspecified atom stereocenters. The van der Waals surface area contributed by atoms with Crippen LogP contribution in [-0.4, -0.2) is 30.8 Å². The number of nitriles is 1. The molecular weight excluding hydrogens is 398 g/mol. The van der Waals surface area contributed by atoms with E-state index in [2.05, 4.69) is 21.0 Å². The Labute approximate surface area is 170 Å². The molecule has 0 saturated heterocycles. The molecule has 0 spiro atoms. The van der Waals surface area contributed by atoms with Crippen LogP contribution in [0.1, 0.15) is 33.4 Å². The lowest BCUT2D eigenvalue weighted by atomic mass is 9.90. The Balaban J connectivity index is 2.11.